The van der Waals surface area contributed by atoms with Gasteiger partial charge in [-0.3, -0.25) is 0 Å². The van der Waals surface area contributed by atoms with Crippen LogP contribution in [0.2, 0.25) is 0 Å². The van der Waals surface area contributed by atoms with Crippen LogP contribution in [-0.4, -0.2) is 27.5 Å². The summed E-state index contributed by atoms with van der Waals surface area (Å²) in [4.78, 5) is 4.60. The third-order valence-corrected chi connectivity index (χ3v) is 3.96. The molecule has 0 unspecified atom stereocenters. The van der Waals surface area contributed by atoms with Gasteiger partial charge in [0.2, 0.25) is 10.0 Å². The maximum absolute atomic E-state index is 11.2. The van der Waals surface area contributed by atoms with Gasteiger partial charge >= 0.3 is 0 Å². The number of rotatable bonds is 7. The average molecular weight is 326 g/mol. The van der Waals surface area contributed by atoms with E-state index in [1.165, 1.54) is 12.1 Å². The van der Waals surface area contributed by atoms with Crippen LogP contribution in [0.4, 0.5) is 0 Å². The molecule has 6 nitrogen and oxygen atoms in total. The third-order valence-electron chi connectivity index (χ3n) is 3.03. The van der Waals surface area contributed by atoms with Crippen molar-refractivity contribution in [3.63, 3.8) is 0 Å². The molecular weight excluding hydrogens is 300 g/mol. The van der Waals surface area contributed by atoms with Crippen molar-refractivity contribution in [3.8, 4) is 0 Å². The summed E-state index contributed by atoms with van der Waals surface area (Å²) in [5.41, 5.74) is 0.925. The highest BCUT2D eigenvalue weighted by atomic mass is 32.2. The van der Waals surface area contributed by atoms with Gasteiger partial charge in [0.25, 0.3) is 0 Å². The molecule has 0 fully saturated rings. The molecule has 22 heavy (non-hydrogen) atoms. The summed E-state index contributed by atoms with van der Waals surface area (Å²) in [6.45, 7) is 8.51. The molecule has 0 saturated heterocycles. The molecule has 0 aliphatic heterocycles. The largest absolute Gasteiger partial charge is 0.357 e. The predicted octanol–water partition coefficient (Wildman–Crippen LogP) is 1.44. The van der Waals surface area contributed by atoms with E-state index in [4.69, 9.17) is 5.14 Å². The number of nitrogens with two attached hydrogens (primary N) is 1. The number of nitrogens with zero attached hydrogens (tertiary/aromatic N) is 1. The Morgan fingerprint density at radius 3 is 2.36 bits per heavy atom. The highest BCUT2D eigenvalue weighted by molar-refractivity contribution is 7.89. The molecule has 1 aromatic carbocycles. The van der Waals surface area contributed by atoms with Crippen molar-refractivity contribution >= 4 is 16.0 Å². The molecule has 4 N–H and O–H groups in total. The Kier molecular flexibility index (Phi) is 7.34. The average Bonchev–Trinajstić information content (AvgIpc) is 2.44. The van der Waals surface area contributed by atoms with E-state index in [0.717, 1.165) is 31.0 Å². The van der Waals surface area contributed by atoms with E-state index in [-0.39, 0.29) is 4.90 Å². The first-order valence-corrected chi connectivity index (χ1v) is 9.01. The topological polar surface area (TPSA) is 96.6 Å². The Bertz CT molecular complexity index is 580. The van der Waals surface area contributed by atoms with Gasteiger partial charge < -0.3 is 10.6 Å². The lowest BCUT2D eigenvalue weighted by Crippen LogP contribution is -2.38. The molecule has 0 spiro atoms. The second-order valence-corrected chi connectivity index (χ2v) is 7.05. The fraction of sp³-hybridized carbons (Fsp3) is 0.533. The molecule has 0 bridgehead atoms. The van der Waals surface area contributed by atoms with Gasteiger partial charge in [-0.05, 0) is 37.0 Å². The van der Waals surface area contributed by atoms with Crippen LogP contribution in [0.15, 0.2) is 34.2 Å². The molecule has 0 saturated carbocycles. The SMILES string of the molecule is CCNC(=NCc1ccc(S(N)(=O)=O)cc1)NCCC(C)C. The minimum atomic E-state index is -3.64. The third kappa shape index (κ3) is 6.91. The molecule has 0 radical (unpaired) electrons. The Morgan fingerprint density at radius 2 is 1.86 bits per heavy atom. The summed E-state index contributed by atoms with van der Waals surface area (Å²) < 4.78 is 22.4. The van der Waals surface area contributed by atoms with Gasteiger partial charge in [0.1, 0.15) is 0 Å². The van der Waals surface area contributed by atoms with Crippen LogP contribution in [0.5, 0.6) is 0 Å². The molecule has 7 heteroatoms. The lowest BCUT2D eigenvalue weighted by molar-refractivity contribution is 0.573. The monoisotopic (exact) mass is 326 g/mol. The van der Waals surface area contributed by atoms with Gasteiger partial charge in [0.15, 0.2) is 5.96 Å². The zero-order valence-electron chi connectivity index (χ0n) is 13.5. The Labute approximate surface area is 133 Å². The van der Waals surface area contributed by atoms with Gasteiger partial charge in [-0.1, -0.05) is 26.0 Å². The van der Waals surface area contributed by atoms with Crippen molar-refractivity contribution in [2.45, 2.75) is 38.6 Å². The second-order valence-electron chi connectivity index (χ2n) is 5.49. The number of guanidine groups is 1. The quantitative estimate of drug-likeness (QED) is 0.522. The number of nitrogens with one attached hydrogen (secondary N) is 2. The Hall–Kier alpha value is -1.60. The van der Waals surface area contributed by atoms with Gasteiger partial charge in [0.05, 0.1) is 11.4 Å². The van der Waals surface area contributed by atoms with Gasteiger partial charge in [0, 0.05) is 13.1 Å². The van der Waals surface area contributed by atoms with Gasteiger partial charge in [-0.15, -0.1) is 0 Å². The van der Waals surface area contributed by atoms with Crippen LogP contribution in [0.1, 0.15) is 32.8 Å². The van der Waals surface area contributed by atoms with Crippen molar-refractivity contribution in [2.75, 3.05) is 13.1 Å². The Balaban J connectivity index is 2.65. The summed E-state index contributed by atoms with van der Waals surface area (Å²) in [5, 5.41) is 11.5. The smallest absolute Gasteiger partial charge is 0.238 e. The normalized spacial score (nSPS) is 12.5. The zero-order chi connectivity index (χ0) is 16.6. The first-order valence-electron chi connectivity index (χ1n) is 7.47. The lowest BCUT2D eigenvalue weighted by Gasteiger charge is -2.12. The molecule has 0 aliphatic rings. The first-order chi connectivity index (χ1) is 10.3. The lowest BCUT2D eigenvalue weighted by atomic mass is 10.1. The standard InChI is InChI=1S/C15H26N4O2S/c1-4-17-15(18-10-9-12(2)3)19-11-13-5-7-14(8-6-13)22(16,20)21/h5-8,12H,4,9-11H2,1-3H3,(H2,16,20,21)(H2,17,18,19). The molecular formula is C15H26N4O2S. The van der Waals surface area contributed by atoms with Crippen LogP contribution in [0.3, 0.4) is 0 Å². The molecule has 1 rings (SSSR count). The van der Waals surface area contributed by atoms with Crippen LogP contribution in [0.25, 0.3) is 0 Å². The van der Waals surface area contributed by atoms with Crippen LogP contribution in [0, 0.1) is 5.92 Å². The summed E-state index contributed by atoms with van der Waals surface area (Å²) in [6, 6.07) is 6.44. The Morgan fingerprint density at radius 1 is 1.23 bits per heavy atom. The van der Waals surface area contributed by atoms with Crippen LogP contribution >= 0.6 is 0 Å². The summed E-state index contributed by atoms with van der Waals surface area (Å²) in [7, 11) is -3.64. The van der Waals surface area contributed by atoms with Crippen molar-refractivity contribution in [1.29, 1.82) is 0 Å². The molecule has 0 heterocycles. The predicted molar refractivity (Wildman–Crippen MR) is 90.1 cm³/mol. The number of hydrogen-bond acceptors (Lipinski definition) is 3. The van der Waals surface area contributed by atoms with Crippen molar-refractivity contribution in [2.24, 2.45) is 16.0 Å². The maximum Gasteiger partial charge on any atom is 0.238 e. The van der Waals surface area contributed by atoms with E-state index in [0.29, 0.717) is 12.5 Å². The summed E-state index contributed by atoms with van der Waals surface area (Å²) in [6.07, 6.45) is 1.08. The van der Waals surface area contributed by atoms with E-state index < -0.39 is 10.0 Å². The first kappa shape index (κ1) is 18.4. The molecule has 124 valence electrons. The fourth-order valence-corrected chi connectivity index (χ4v) is 2.29. The molecule has 0 amide bonds. The second kappa shape index (κ2) is 8.75. The summed E-state index contributed by atoms with van der Waals surface area (Å²) >= 11 is 0. The molecule has 1 aromatic rings. The zero-order valence-corrected chi connectivity index (χ0v) is 14.3. The molecule has 0 atom stereocenters. The van der Waals surface area contributed by atoms with Crippen molar-refractivity contribution < 1.29 is 8.42 Å². The number of aliphatic imine (C=N–C) groups is 1. The highest BCUT2D eigenvalue weighted by Gasteiger charge is 2.06. The van der Waals surface area contributed by atoms with Gasteiger partial charge in [-0.25, -0.2) is 18.5 Å². The van der Waals surface area contributed by atoms with E-state index in [9.17, 15) is 8.42 Å². The van der Waals surface area contributed by atoms with E-state index in [2.05, 4.69) is 29.5 Å². The maximum atomic E-state index is 11.2. The summed E-state index contributed by atoms with van der Waals surface area (Å²) in [5.74, 6) is 1.40. The fourth-order valence-electron chi connectivity index (χ4n) is 1.78. The van der Waals surface area contributed by atoms with Crippen molar-refractivity contribution in [3.05, 3.63) is 29.8 Å². The number of benzene rings is 1. The number of sulfonamides is 1. The van der Waals surface area contributed by atoms with E-state index in [1.54, 1.807) is 12.1 Å². The number of primary sulfonamides is 1. The van der Waals surface area contributed by atoms with Crippen LogP contribution in [-0.2, 0) is 16.6 Å². The minimum Gasteiger partial charge on any atom is -0.357 e. The number of hydrogen-bond donors (Lipinski definition) is 3. The van der Waals surface area contributed by atoms with Crippen molar-refractivity contribution in [1.82, 2.24) is 10.6 Å². The molecule has 0 aromatic heterocycles. The van der Waals surface area contributed by atoms with Crippen LogP contribution < -0.4 is 15.8 Å². The molecule has 0 aliphatic carbocycles. The minimum absolute atomic E-state index is 0.113. The van der Waals surface area contributed by atoms with Gasteiger partial charge in [-0.2, -0.15) is 0 Å². The van der Waals surface area contributed by atoms with E-state index in [1.807, 2.05) is 6.92 Å². The highest BCUT2D eigenvalue weighted by Crippen LogP contribution is 2.09. The van der Waals surface area contributed by atoms with E-state index >= 15 is 0 Å².